The summed E-state index contributed by atoms with van der Waals surface area (Å²) in [6.07, 6.45) is 6.44. The van der Waals surface area contributed by atoms with Crippen LogP contribution in [0.3, 0.4) is 0 Å². The first-order chi connectivity index (χ1) is 10.0. The lowest BCUT2D eigenvalue weighted by Gasteiger charge is -2.43. The summed E-state index contributed by atoms with van der Waals surface area (Å²) < 4.78 is 27.7. The number of benzene rings is 1. The molecule has 0 amide bonds. The van der Waals surface area contributed by atoms with E-state index in [1.165, 1.54) is 6.42 Å². The average molecular weight is 348 g/mol. The zero-order valence-electron chi connectivity index (χ0n) is 11.8. The van der Waals surface area contributed by atoms with Crippen LogP contribution < -0.4 is 0 Å². The monoisotopic (exact) mass is 347 g/mol. The van der Waals surface area contributed by atoms with E-state index in [4.69, 9.17) is 23.2 Å². The number of rotatable bonds is 2. The number of hydrogen-bond acceptors (Lipinski definition) is 2. The third-order valence-electron chi connectivity index (χ3n) is 4.68. The van der Waals surface area contributed by atoms with Crippen molar-refractivity contribution >= 4 is 33.2 Å². The molecule has 2 atom stereocenters. The Morgan fingerprint density at radius 3 is 2.33 bits per heavy atom. The highest BCUT2D eigenvalue weighted by Gasteiger charge is 2.41. The van der Waals surface area contributed by atoms with E-state index in [-0.39, 0.29) is 21.0 Å². The van der Waals surface area contributed by atoms with Crippen LogP contribution in [0.2, 0.25) is 10.0 Å². The molecule has 0 aromatic heterocycles. The van der Waals surface area contributed by atoms with Gasteiger partial charge in [0.15, 0.2) is 0 Å². The van der Waals surface area contributed by atoms with Crippen molar-refractivity contribution < 1.29 is 8.42 Å². The maximum Gasteiger partial charge on any atom is 0.246 e. The molecule has 1 aromatic rings. The summed E-state index contributed by atoms with van der Waals surface area (Å²) in [4.78, 5) is 0.0690. The number of halogens is 2. The largest absolute Gasteiger partial charge is 0.246 e. The van der Waals surface area contributed by atoms with Crippen molar-refractivity contribution in [2.75, 3.05) is 6.54 Å². The Morgan fingerprint density at radius 2 is 1.62 bits per heavy atom. The molecule has 6 heteroatoms. The van der Waals surface area contributed by atoms with Gasteiger partial charge in [0.1, 0.15) is 4.90 Å². The van der Waals surface area contributed by atoms with Gasteiger partial charge in [0, 0.05) is 12.6 Å². The standard InChI is InChI=1S/C15H19Cl2NO2S/c16-12-7-3-8-13(17)15(12)21(19,20)18-10-4-6-11-5-1-2-9-14(11)18/h3,7-8,11,14H,1-2,4-6,9-10H2/t11-,14-/m0/s1. The number of nitrogens with zero attached hydrogens (tertiary/aromatic N) is 1. The van der Waals surface area contributed by atoms with E-state index in [2.05, 4.69) is 0 Å². The van der Waals surface area contributed by atoms with Crippen LogP contribution in [-0.2, 0) is 10.0 Å². The van der Waals surface area contributed by atoms with Gasteiger partial charge in [-0.05, 0) is 43.7 Å². The lowest BCUT2D eigenvalue weighted by molar-refractivity contribution is 0.129. The molecule has 1 aliphatic carbocycles. The third-order valence-corrected chi connectivity index (χ3v) is 7.56. The number of fused-ring (bicyclic) bond motifs is 1. The van der Waals surface area contributed by atoms with Crippen molar-refractivity contribution in [3.63, 3.8) is 0 Å². The average Bonchev–Trinajstić information content (AvgIpc) is 2.46. The summed E-state index contributed by atoms with van der Waals surface area (Å²) in [5, 5.41) is 0.417. The van der Waals surface area contributed by atoms with E-state index < -0.39 is 10.0 Å². The smallest absolute Gasteiger partial charge is 0.207 e. The van der Waals surface area contributed by atoms with Crippen molar-refractivity contribution in [3.05, 3.63) is 28.2 Å². The van der Waals surface area contributed by atoms with E-state index in [0.717, 1.165) is 32.1 Å². The van der Waals surface area contributed by atoms with E-state index >= 15 is 0 Å². The van der Waals surface area contributed by atoms with Crippen molar-refractivity contribution in [1.29, 1.82) is 0 Å². The molecule has 2 fully saturated rings. The number of piperidine rings is 1. The molecule has 21 heavy (non-hydrogen) atoms. The van der Waals surface area contributed by atoms with Gasteiger partial charge in [-0.2, -0.15) is 4.31 Å². The first-order valence-electron chi connectivity index (χ1n) is 7.47. The third kappa shape index (κ3) is 2.83. The van der Waals surface area contributed by atoms with E-state index in [1.54, 1.807) is 22.5 Å². The molecule has 3 nitrogen and oxygen atoms in total. The topological polar surface area (TPSA) is 37.4 Å². The molecule has 0 N–H and O–H groups in total. The van der Waals surface area contributed by atoms with Gasteiger partial charge in [0.2, 0.25) is 10.0 Å². The van der Waals surface area contributed by atoms with Crippen LogP contribution in [0, 0.1) is 5.92 Å². The molecule has 2 aliphatic rings. The molecular formula is C15H19Cl2NO2S. The highest BCUT2D eigenvalue weighted by Crippen LogP contribution is 2.40. The minimum absolute atomic E-state index is 0.0690. The minimum atomic E-state index is -3.62. The quantitative estimate of drug-likeness (QED) is 0.797. The van der Waals surface area contributed by atoms with Crippen LogP contribution in [0.5, 0.6) is 0 Å². The van der Waals surface area contributed by atoms with Crippen molar-refractivity contribution in [3.8, 4) is 0 Å². The summed E-state index contributed by atoms with van der Waals surface area (Å²) >= 11 is 12.2. The molecule has 0 bridgehead atoms. The zero-order chi connectivity index (χ0) is 15.0. The molecular weight excluding hydrogens is 329 g/mol. The predicted octanol–water partition coefficient (Wildman–Crippen LogP) is 4.34. The summed E-state index contributed by atoms with van der Waals surface area (Å²) in [6, 6.07) is 4.96. The minimum Gasteiger partial charge on any atom is -0.207 e. The van der Waals surface area contributed by atoms with Gasteiger partial charge in [-0.1, -0.05) is 42.1 Å². The summed E-state index contributed by atoms with van der Waals surface area (Å²) in [7, 11) is -3.62. The van der Waals surface area contributed by atoms with Gasteiger partial charge in [-0.15, -0.1) is 0 Å². The first-order valence-corrected chi connectivity index (χ1v) is 9.67. The van der Waals surface area contributed by atoms with Gasteiger partial charge >= 0.3 is 0 Å². The molecule has 1 saturated carbocycles. The van der Waals surface area contributed by atoms with Gasteiger partial charge in [0.25, 0.3) is 0 Å². The number of sulfonamides is 1. The van der Waals surface area contributed by atoms with Crippen LogP contribution in [0.25, 0.3) is 0 Å². The Morgan fingerprint density at radius 1 is 1.00 bits per heavy atom. The fraction of sp³-hybridized carbons (Fsp3) is 0.600. The Balaban J connectivity index is 2.01. The van der Waals surface area contributed by atoms with Crippen molar-refractivity contribution in [2.24, 2.45) is 5.92 Å². The number of hydrogen-bond donors (Lipinski definition) is 0. The molecule has 1 aromatic carbocycles. The van der Waals surface area contributed by atoms with Crippen LogP contribution in [-0.4, -0.2) is 25.3 Å². The van der Waals surface area contributed by atoms with Crippen LogP contribution in [0.1, 0.15) is 38.5 Å². The Labute approximate surface area is 136 Å². The molecule has 1 aliphatic heterocycles. The van der Waals surface area contributed by atoms with Crippen LogP contribution in [0.4, 0.5) is 0 Å². The lowest BCUT2D eigenvalue weighted by Crippen LogP contribution is -2.49. The highest BCUT2D eigenvalue weighted by molar-refractivity contribution is 7.89. The van der Waals surface area contributed by atoms with Gasteiger partial charge in [-0.3, -0.25) is 0 Å². The summed E-state index contributed by atoms with van der Waals surface area (Å²) in [6.45, 7) is 0.574. The molecule has 3 rings (SSSR count). The predicted molar refractivity (Wildman–Crippen MR) is 85.3 cm³/mol. The molecule has 116 valence electrons. The fourth-order valence-electron chi connectivity index (χ4n) is 3.72. The SMILES string of the molecule is O=S(=O)(c1c(Cl)cccc1Cl)N1CCC[C@@H]2CCCC[C@@H]21. The summed E-state index contributed by atoms with van der Waals surface area (Å²) in [5.74, 6) is 0.489. The fourth-order valence-corrected chi connectivity index (χ4v) is 6.57. The van der Waals surface area contributed by atoms with Gasteiger partial charge in [0.05, 0.1) is 10.0 Å². The normalized spacial score (nSPS) is 27.3. The van der Waals surface area contributed by atoms with Crippen molar-refractivity contribution in [1.82, 2.24) is 4.31 Å². The second kappa shape index (κ2) is 6.07. The molecule has 0 spiro atoms. The van der Waals surface area contributed by atoms with Gasteiger partial charge in [-0.25, -0.2) is 8.42 Å². The second-order valence-electron chi connectivity index (χ2n) is 5.92. The Bertz CT molecular complexity index is 610. The molecule has 1 saturated heterocycles. The molecule has 0 radical (unpaired) electrons. The summed E-state index contributed by atoms with van der Waals surface area (Å²) in [5.41, 5.74) is 0. The molecule has 1 heterocycles. The highest BCUT2D eigenvalue weighted by atomic mass is 35.5. The Kier molecular flexibility index (Phi) is 4.51. The van der Waals surface area contributed by atoms with E-state index in [0.29, 0.717) is 12.5 Å². The van der Waals surface area contributed by atoms with E-state index in [1.807, 2.05) is 0 Å². The lowest BCUT2D eigenvalue weighted by atomic mass is 9.79. The molecule has 0 unspecified atom stereocenters. The van der Waals surface area contributed by atoms with Crippen LogP contribution >= 0.6 is 23.2 Å². The van der Waals surface area contributed by atoms with E-state index in [9.17, 15) is 8.42 Å². The van der Waals surface area contributed by atoms with Gasteiger partial charge < -0.3 is 0 Å². The maximum absolute atomic E-state index is 13.0. The maximum atomic E-state index is 13.0. The first kappa shape index (κ1) is 15.6. The van der Waals surface area contributed by atoms with Crippen molar-refractivity contribution in [2.45, 2.75) is 49.5 Å². The van der Waals surface area contributed by atoms with Crippen LogP contribution in [0.15, 0.2) is 23.1 Å². The second-order valence-corrected chi connectivity index (χ2v) is 8.56. The zero-order valence-corrected chi connectivity index (χ0v) is 14.1. The Hall–Kier alpha value is -0.290.